The highest BCUT2D eigenvalue weighted by atomic mass is 16.2. The van der Waals surface area contributed by atoms with Gasteiger partial charge in [-0.15, -0.1) is 0 Å². The van der Waals surface area contributed by atoms with E-state index in [2.05, 4.69) is 28.7 Å². The number of hydrogen-bond donors (Lipinski definition) is 1. The molecule has 128 valence electrons. The lowest BCUT2D eigenvalue weighted by atomic mass is 9.95. The molecular weight excluding hydrogens is 308 g/mol. The molecule has 2 aromatic rings. The summed E-state index contributed by atoms with van der Waals surface area (Å²) in [4.78, 5) is 35.7. The molecule has 4 rings (SSSR count). The molecule has 24 heavy (non-hydrogen) atoms. The lowest BCUT2D eigenvalue weighted by Crippen LogP contribution is -2.44. The number of anilines is 1. The van der Waals surface area contributed by atoms with Crippen LogP contribution >= 0.6 is 0 Å². The molecule has 2 fully saturated rings. The molecule has 8 nitrogen and oxygen atoms in total. The third-order valence-corrected chi connectivity index (χ3v) is 5.26. The summed E-state index contributed by atoms with van der Waals surface area (Å²) < 4.78 is 1.95. The fourth-order valence-corrected chi connectivity index (χ4v) is 3.49. The Morgan fingerprint density at radius 1 is 1.25 bits per heavy atom. The van der Waals surface area contributed by atoms with Gasteiger partial charge in [0.05, 0.1) is 5.56 Å². The van der Waals surface area contributed by atoms with Gasteiger partial charge in [0.1, 0.15) is 6.33 Å². The lowest BCUT2D eigenvalue weighted by molar-refractivity contribution is 0.422. The highest BCUT2D eigenvalue weighted by Crippen LogP contribution is 2.39. The Hall–Kier alpha value is -2.38. The van der Waals surface area contributed by atoms with Crippen molar-refractivity contribution in [2.75, 3.05) is 23.8 Å². The summed E-state index contributed by atoms with van der Waals surface area (Å²) in [6.07, 6.45) is 4.42. The zero-order chi connectivity index (χ0) is 17.0. The molecule has 1 aliphatic heterocycles. The fourth-order valence-electron chi connectivity index (χ4n) is 3.49. The van der Waals surface area contributed by atoms with Crippen molar-refractivity contribution in [1.82, 2.24) is 19.0 Å². The molecule has 1 atom stereocenters. The summed E-state index contributed by atoms with van der Waals surface area (Å²) in [5.74, 6) is 7.60. The van der Waals surface area contributed by atoms with Crippen molar-refractivity contribution in [3.63, 3.8) is 0 Å². The van der Waals surface area contributed by atoms with E-state index in [1.54, 1.807) is 0 Å². The first-order valence-corrected chi connectivity index (χ1v) is 8.51. The summed E-state index contributed by atoms with van der Waals surface area (Å²) >= 11 is 0. The summed E-state index contributed by atoms with van der Waals surface area (Å²) in [7, 11) is 0. The van der Waals surface area contributed by atoms with Crippen LogP contribution in [0.4, 0.5) is 5.95 Å². The molecule has 8 heteroatoms. The van der Waals surface area contributed by atoms with E-state index in [0.717, 1.165) is 32.4 Å². The van der Waals surface area contributed by atoms with Gasteiger partial charge in [-0.1, -0.05) is 13.8 Å². The zero-order valence-corrected chi connectivity index (χ0v) is 14.0. The van der Waals surface area contributed by atoms with Crippen molar-refractivity contribution in [1.29, 1.82) is 0 Å². The predicted molar refractivity (Wildman–Crippen MR) is 90.8 cm³/mol. The highest BCUT2D eigenvalue weighted by molar-refractivity contribution is 5.52. The SMILES string of the molecule is CC(C)[C@@H]1CCN(c2ncn3c(=O)n(N)c(=O)c(C4CC4)c3n2)C1. The first-order chi connectivity index (χ1) is 11.5. The second-order valence-corrected chi connectivity index (χ2v) is 7.23. The van der Waals surface area contributed by atoms with E-state index in [-0.39, 0.29) is 5.92 Å². The molecule has 1 saturated heterocycles. The molecule has 1 aliphatic carbocycles. The Labute approximate surface area is 138 Å². The number of fused-ring (bicyclic) bond motifs is 1. The van der Waals surface area contributed by atoms with Gasteiger partial charge in [0.2, 0.25) is 5.95 Å². The van der Waals surface area contributed by atoms with Crippen LogP contribution in [0.25, 0.3) is 5.65 Å². The van der Waals surface area contributed by atoms with Crippen LogP contribution in [0.15, 0.2) is 15.9 Å². The number of nitrogen functional groups attached to an aromatic ring is 1. The van der Waals surface area contributed by atoms with E-state index in [0.29, 0.717) is 33.7 Å². The normalized spacial score (nSPS) is 21.1. The van der Waals surface area contributed by atoms with Crippen LogP contribution in [-0.4, -0.2) is 32.1 Å². The van der Waals surface area contributed by atoms with Gasteiger partial charge in [-0.3, -0.25) is 4.79 Å². The number of nitrogens with zero attached hydrogens (tertiary/aromatic N) is 5. The van der Waals surface area contributed by atoms with Crippen molar-refractivity contribution in [2.24, 2.45) is 11.8 Å². The number of nitrogens with two attached hydrogens (primary N) is 1. The maximum Gasteiger partial charge on any atom is 0.356 e. The van der Waals surface area contributed by atoms with E-state index in [1.165, 1.54) is 10.7 Å². The van der Waals surface area contributed by atoms with Gasteiger partial charge in [0, 0.05) is 13.1 Å². The summed E-state index contributed by atoms with van der Waals surface area (Å²) in [6.45, 7) is 6.26. The topological polar surface area (TPSA) is 98.5 Å². The van der Waals surface area contributed by atoms with Crippen molar-refractivity contribution < 1.29 is 0 Å². The third kappa shape index (κ3) is 2.28. The van der Waals surface area contributed by atoms with Crippen molar-refractivity contribution in [3.05, 3.63) is 32.7 Å². The van der Waals surface area contributed by atoms with Gasteiger partial charge in [-0.05, 0) is 37.0 Å². The molecule has 3 heterocycles. The van der Waals surface area contributed by atoms with Crippen molar-refractivity contribution in [2.45, 2.75) is 39.0 Å². The smallest absolute Gasteiger partial charge is 0.340 e. The van der Waals surface area contributed by atoms with Crippen LogP contribution in [0.3, 0.4) is 0 Å². The van der Waals surface area contributed by atoms with Gasteiger partial charge in [-0.25, -0.2) is 14.2 Å². The van der Waals surface area contributed by atoms with Crippen LogP contribution in [0, 0.1) is 11.8 Å². The van der Waals surface area contributed by atoms with Crippen LogP contribution in [0.1, 0.15) is 44.6 Å². The van der Waals surface area contributed by atoms with E-state index < -0.39 is 11.2 Å². The zero-order valence-electron chi connectivity index (χ0n) is 14.0. The average Bonchev–Trinajstić information content (AvgIpc) is 3.26. The molecule has 0 bridgehead atoms. The molecule has 0 unspecified atom stereocenters. The quantitative estimate of drug-likeness (QED) is 0.814. The molecule has 0 spiro atoms. The molecule has 0 radical (unpaired) electrons. The van der Waals surface area contributed by atoms with Crippen LogP contribution < -0.4 is 22.0 Å². The molecule has 2 N–H and O–H groups in total. The maximum atomic E-state index is 12.4. The number of hydrogen-bond acceptors (Lipinski definition) is 6. The molecule has 0 amide bonds. The van der Waals surface area contributed by atoms with E-state index >= 15 is 0 Å². The predicted octanol–water partition coefficient (Wildman–Crippen LogP) is 0.325. The van der Waals surface area contributed by atoms with Crippen molar-refractivity contribution in [3.8, 4) is 0 Å². The minimum absolute atomic E-state index is 0.146. The van der Waals surface area contributed by atoms with E-state index in [1.807, 2.05) is 0 Å². The fraction of sp³-hybridized carbons (Fsp3) is 0.625. The first kappa shape index (κ1) is 15.2. The minimum atomic E-state index is -0.604. The second kappa shape index (κ2) is 5.32. The molecule has 2 aliphatic rings. The third-order valence-electron chi connectivity index (χ3n) is 5.26. The average molecular weight is 330 g/mol. The monoisotopic (exact) mass is 330 g/mol. The van der Waals surface area contributed by atoms with Gasteiger partial charge in [-0.2, -0.15) is 9.66 Å². The molecule has 0 aromatic carbocycles. The largest absolute Gasteiger partial charge is 0.356 e. The molecular formula is C16H22N6O2. The Bertz CT molecular complexity index is 911. The standard InChI is InChI=1S/C16H22N6O2/c1-9(2)11-5-6-20(7-11)15-18-8-21-13(19-15)12(10-3-4-10)14(23)22(17)16(21)24/h8-11H,3-7,17H2,1-2H3/t11-/m1/s1. The summed E-state index contributed by atoms with van der Waals surface area (Å²) in [5, 5.41) is 0. The Kier molecular flexibility index (Phi) is 3.36. The van der Waals surface area contributed by atoms with E-state index in [4.69, 9.17) is 5.84 Å². The van der Waals surface area contributed by atoms with Crippen molar-refractivity contribution >= 4 is 11.6 Å². The van der Waals surface area contributed by atoms with Crippen LogP contribution in [-0.2, 0) is 0 Å². The van der Waals surface area contributed by atoms with E-state index in [9.17, 15) is 9.59 Å². The van der Waals surface area contributed by atoms with Gasteiger partial charge in [0.25, 0.3) is 5.56 Å². The summed E-state index contributed by atoms with van der Waals surface area (Å²) in [6, 6.07) is 0. The lowest BCUT2D eigenvalue weighted by Gasteiger charge is -2.18. The van der Waals surface area contributed by atoms with Crippen LogP contribution in [0.2, 0.25) is 0 Å². The number of aromatic nitrogens is 4. The molecule has 2 aromatic heterocycles. The summed E-state index contributed by atoms with van der Waals surface area (Å²) in [5.41, 5.74) is -0.0892. The maximum absolute atomic E-state index is 12.4. The molecule has 1 saturated carbocycles. The van der Waals surface area contributed by atoms with Crippen LogP contribution in [0.5, 0.6) is 0 Å². The van der Waals surface area contributed by atoms with Gasteiger partial charge in [0.15, 0.2) is 5.65 Å². The Balaban J connectivity index is 1.84. The minimum Gasteiger partial charge on any atom is -0.340 e. The number of rotatable bonds is 3. The second-order valence-electron chi connectivity index (χ2n) is 7.23. The highest BCUT2D eigenvalue weighted by Gasteiger charge is 2.32. The van der Waals surface area contributed by atoms with Gasteiger partial charge >= 0.3 is 5.69 Å². The van der Waals surface area contributed by atoms with Gasteiger partial charge < -0.3 is 10.7 Å². The Morgan fingerprint density at radius 3 is 2.62 bits per heavy atom. The first-order valence-electron chi connectivity index (χ1n) is 8.51. The Morgan fingerprint density at radius 2 is 2.00 bits per heavy atom.